The second kappa shape index (κ2) is 13.9. The molecule has 9 heteroatoms. The molecule has 234 valence electrons. The van der Waals surface area contributed by atoms with Gasteiger partial charge in [-0.05, 0) is 47.2 Å². The van der Waals surface area contributed by atoms with Gasteiger partial charge in [0, 0.05) is 65.4 Å². The molecule has 0 amide bonds. The highest BCUT2D eigenvalue weighted by Gasteiger charge is 2.24. The molecule has 2 aliphatic rings. The first-order valence-electron chi connectivity index (χ1n) is 15.6. The number of fused-ring (bicyclic) bond motifs is 2. The molecule has 2 aliphatic heterocycles. The van der Waals surface area contributed by atoms with Gasteiger partial charge >= 0.3 is 0 Å². The van der Waals surface area contributed by atoms with Gasteiger partial charge in [-0.25, -0.2) is 9.97 Å². The minimum Gasteiger partial charge on any atom is -0.495 e. The molecule has 0 atom stereocenters. The fourth-order valence-electron chi connectivity index (χ4n) is 6.57. The molecule has 0 bridgehead atoms. The molecule has 45 heavy (non-hydrogen) atoms. The molecular weight excluding hydrogens is 584 g/mol. The zero-order valence-corrected chi connectivity index (χ0v) is 26.9. The van der Waals surface area contributed by atoms with E-state index in [1.54, 1.807) is 14.2 Å². The molecule has 1 aromatic heterocycles. The SMILES string of the molecule is COc1ccccc1N1CCN(Cc2nc3cc4ccccc4cc3nc2CN2CCN(c3ccccc3OC)CC2)CC1.Cl. The summed E-state index contributed by atoms with van der Waals surface area (Å²) in [7, 11) is 3.49. The highest BCUT2D eigenvalue weighted by molar-refractivity contribution is 5.94. The standard InChI is InChI=1S/C36H40N6O2.ClH/c1-43-35-13-7-5-11-33(35)41-19-15-39(16-20-41)25-31-32(38-30-24-28-10-4-3-9-27(28)23-29(30)37-31)26-40-17-21-42(22-18-40)34-12-6-8-14-36(34)44-2;/h3-14,23-24H,15-22,25-26H2,1-2H3;1H. The molecule has 2 saturated heterocycles. The van der Waals surface area contributed by atoms with Crippen LogP contribution in [0, 0.1) is 0 Å². The van der Waals surface area contributed by atoms with Gasteiger partial charge in [-0.2, -0.15) is 0 Å². The van der Waals surface area contributed by atoms with Crippen molar-refractivity contribution in [2.75, 3.05) is 76.4 Å². The molecule has 0 radical (unpaired) electrons. The summed E-state index contributed by atoms with van der Waals surface area (Å²) in [5, 5.41) is 2.40. The molecule has 0 saturated carbocycles. The zero-order chi connectivity index (χ0) is 29.9. The van der Waals surface area contributed by atoms with Crippen LogP contribution in [-0.2, 0) is 13.1 Å². The fraction of sp³-hybridized carbons (Fsp3) is 0.333. The number of piperazine rings is 2. The second-order valence-corrected chi connectivity index (χ2v) is 11.7. The van der Waals surface area contributed by atoms with Crippen molar-refractivity contribution in [1.29, 1.82) is 0 Å². The molecule has 7 rings (SSSR count). The quantitative estimate of drug-likeness (QED) is 0.199. The molecule has 0 spiro atoms. The number of hydrogen-bond donors (Lipinski definition) is 0. The monoisotopic (exact) mass is 624 g/mol. The molecule has 5 aromatic rings. The van der Waals surface area contributed by atoms with Gasteiger partial charge in [-0.1, -0.05) is 48.5 Å². The van der Waals surface area contributed by atoms with Gasteiger partial charge in [0.05, 0.1) is 48.0 Å². The largest absolute Gasteiger partial charge is 0.495 e. The summed E-state index contributed by atoms with van der Waals surface area (Å²) in [4.78, 5) is 20.5. The van der Waals surface area contributed by atoms with Crippen molar-refractivity contribution >= 4 is 45.6 Å². The van der Waals surface area contributed by atoms with E-state index in [4.69, 9.17) is 19.4 Å². The molecule has 8 nitrogen and oxygen atoms in total. The lowest BCUT2D eigenvalue weighted by molar-refractivity contribution is 0.232. The summed E-state index contributed by atoms with van der Waals surface area (Å²) in [6.45, 7) is 9.26. The van der Waals surface area contributed by atoms with E-state index in [2.05, 4.69) is 80.3 Å². The number of benzene rings is 4. The number of aromatic nitrogens is 2. The topological polar surface area (TPSA) is 57.2 Å². The van der Waals surface area contributed by atoms with Crippen molar-refractivity contribution in [3.8, 4) is 11.5 Å². The van der Waals surface area contributed by atoms with Crippen molar-refractivity contribution in [3.63, 3.8) is 0 Å². The van der Waals surface area contributed by atoms with Crippen molar-refractivity contribution in [2.45, 2.75) is 13.1 Å². The maximum absolute atomic E-state index is 5.64. The van der Waals surface area contributed by atoms with Crippen LogP contribution in [0.25, 0.3) is 21.8 Å². The zero-order valence-electron chi connectivity index (χ0n) is 26.1. The van der Waals surface area contributed by atoms with Gasteiger partial charge < -0.3 is 19.3 Å². The Morgan fingerprint density at radius 3 is 1.31 bits per heavy atom. The van der Waals surface area contributed by atoms with Crippen molar-refractivity contribution < 1.29 is 9.47 Å². The number of para-hydroxylation sites is 4. The van der Waals surface area contributed by atoms with E-state index in [1.165, 1.54) is 22.1 Å². The third kappa shape index (κ3) is 6.64. The van der Waals surface area contributed by atoms with Crippen LogP contribution < -0.4 is 19.3 Å². The maximum atomic E-state index is 5.64. The van der Waals surface area contributed by atoms with Gasteiger partial charge in [0.25, 0.3) is 0 Å². The van der Waals surface area contributed by atoms with Gasteiger partial charge in [0.15, 0.2) is 0 Å². The number of rotatable bonds is 8. The van der Waals surface area contributed by atoms with E-state index in [-0.39, 0.29) is 12.4 Å². The Morgan fingerprint density at radius 1 is 0.533 bits per heavy atom. The number of methoxy groups -OCH3 is 2. The van der Waals surface area contributed by atoms with Crippen LogP contribution in [0.4, 0.5) is 11.4 Å². The Labute approximate surface area is 271 Å². The summed E-state index contributed by atoms with van der Waals surface area (Å²) in [6.07, 6.45) is 0. The van der Waals surface area contributed by atoms with Gasteiger partial charge in [0.2, 0.25) is 0 Å². The lowest BCUT2D eigenvalue weighted by atomic mass is 10.1. The third-order valence-electron chi connectivity index (χ3n) is 9.03. The van der Waals surface area contributed by atoms with E-state index in [9.17, 15) is 0 Å². The summed E-state index contributed by atoms with van der Waals surface area (Å²) in [5.74, 6) is 1.86. The number of ether oxygens (including phenoxy) is 2. The van der Waals surface area contributed by atoms with E-state index in [0.717, 1.165) is 99.4 Å². The first-order valence-corrected chi connectivity index (χ1v) is 15.6. The van der Waals surface area contributed by atoms with Crippen LogP contribution in [0.3, 0.4) is 0 Å². The number of anilines is 2. The van der Waals surface area contributed by atoms with Crippen molar-refractivity contribution in [3.05, 3.63) is 96.3 Å². The second-order valence-electron chi connectivity index (χ2n) is 11.7. The Morgan fingerprint density at radius 2 is 0.911 bits per heavy atom. The summed E-state index contributed by atoms with van der Waals surface area (Å²) < 4.78 is 11.3. The van der Waals surface area contributed by atoms with E-state index < -0.39 is 0 Å². The average molecular weight is 625 g/mol. The molecule has 4 aromatic carbocycles. The molecular formula is C36H41ClN6O2. The Bertz CT molecular complexity index is 1620. The molecule has 0 unspecified atom stereocenters. The first kappa shape index (κ1) is 30.9. The number of hydrogen-bond acceptors (Lipinski definition) is 8. The molecule has 2 fully saturated rings. The first-order chi connectivity index (χ1) is 21.7. The summed E-state index contributed by atoms with van der Waals surface area (Å²) >= 11 is 0. The van der Waals surface area contributed by atoms with Crippen LogP contribution in [0.1, 0.15) is 11.4 Å². The van der Waals surface area contributed by atoms with E-state index >= 15 is 0 Å². The Kier molecular flexibility index (Phi) is 9.54. The van der Waals surface area contributed by atoms with Crippen molar-refractivity contribution in [2.24, 2.45) is 0 Å². The maximum Gasteiger partial charge on any atom is 0.142 e. The third-order valence-corrected chi connectivity index (χ3v) is 9.03. The average Bonchev–Trinajstić information content (AvgIpc) is 3.08. The highest BCUT2D eigenvalue weighted by atomic mass is 35.5. The highest BCUT2D eigenvalue weighted by Crippen LogP contribution is 2.30. The fourth-order valence-corrected chi connectivity index (χ4v) is 6.57. The van der Waals surface area contributed by atoms with Gasteiger partial charge in [-0.3, -0.25) is 9.80 Å². The minimum absolute atomic E-state index is 0. The van der Waals surface area contributed by atoms with E-state index in [0.29, 0.717) is 0 Å². The minimum atomic E-state index is 0. The predicted molar refractivity (Wildman–Crippen MR) is 185 cm³/mol. The van der Waals surface area contributed by atoms with Crippen molar-refractivity contribution in [1.82, 2.24) is 19.8 Å². The smallest absolute Gasteiger partial charge is 0.142 e. The Hall–Kier alpha value is -4.11. The Balaban J connectivity index is 0.00000357. The van der Waals surface area contributed by atoms with Gasteiger partial charge in [-0.15, -0.1) is 12.4 Å². The summed E-state index contributed by atoms with van der Waals surface area (Å²) in [5.41, 5.74) is 6.45. The van der Waals surface area contributed by atoms with Crippen LogP contribution >= 0.6 is 12.4 Å². The molecule has 3 heterocycles. The van der Waals surface area contributed by atoms with Gasteiger partial charge in [0.1, 0.15) is 11.5 Å². The lowest BCUT2D eigenvalue weighted by Gasteiger charge is -2.37. The van der Waals surface area contributed by atoms with Crippen LogP contribution in [0.15, 0.2) is 84.9 Å². The molecule has 0 N–H and O–H groups in total. The summed E-state index contributed by atoms with van der Waals surface area (Å²) in [6, 6.07) is 29.5. The van der Waals surface area contributed by atoms with E-state index in [1.807, 2.05) is 24.3 Å². The number of halogens is 1. The van der Waals surface area contributed by atoms with Crippen LogP contribution in [0.2, 0.25) is 0 Å². The lowest BCUT2D eigenvalue weighted by Crippen LogP contribution is -2.47. The number of nitrogens with zero attached hydrogens (tertiary/aromatic N) is 6. The normalized spacial score (nSPS) is 16.1. The van der Waals surface area contributed by atoms with Crippen LogP contribution in [0.5, 0.6) is 11.5 Å². The molecule has 0 aliphatic carbocycles. The van der Waals surface area contributed by atoms with Crippen LogP contribution in [-0.4, -0.2) is 86.3 Å². The predicted octanol–water partition coefficient (Wildman–Crippen LogP) is 5.87.